The van der Waals surface area contributed by atoms with E-state index in [0.717, 1.165) is 57.9 Å². The van der Waals surface area contributed by atoms with Gasteiger partial charge in [0.2, 0.25) is 5.91 Å². The summed E-state index contributed by atoms with van der Waals surface area (Å²) in [7, 11) is 0. The molecule has 1 amide bonds. The zero-order valence-electron chi connectivity index (χ0n) is 14.6. The molecule has 2 rings (SSSR count). The van der Waals surface area contributed by atoms with Crippen molar-refractivity contribution in [2.24, 2.45) is 11.8 Å². The molecule has 0 aromatic rings. The number of carbonyl (C=O) groups excluding carboxylic acids is 1. The third kappa shape index (κ3) is 4.69. The highest BCUT2D eigenvalue weighted by molar-refractivity contribution is 5.82. The van der Waals surface area contributed by atoms with E-state index in [0.29, 0.717) is 12.0 Å². The molecule has 1 aliphatic carbocycles. The zero-order valence-corrected chi connectivity index (χ0v) is 14.6. The van der Waals surface area contributed by atoms with Crippen LogP contribution < -0.4 is 5.32 Å². The van der Waals surface area contributed by atoms with E-state index in [1.54, 1.807) is 0 Å². The molecule has 1 heterocycles. The Morgan fingerprint density at radius 2 is 1.91 bits per heavy atom. The van der Waals surface area contributed by atoms with Gasteiger partial charge in [-0.2, -0.15) is 0 Å². The Labute approximate surface area is 136 Å². The normalized spacial score (nSPS) is 28.5. The summed E-state index contributed by atoms with van der Waals surface area (Å²) >= 11 is 0. The summed E-state index contributed by atoms with van der Waals surface area (Å²) in [5.74, 6) is 1.45. The lowest BCUT2D eigenvalue weighted by molar-refractivity contribution is -0.131. The van der Waals surface area contributed by atoms with Gasteiger partial charge in [-0.1, -0.05) is 46.5 Å². The number of rotatable bonds is 6. The fraction of sp³-hybridized carbons (Fsp3) is 0.944. The quantitative estimate of drug-likeness (QED) is 0.820. The van der Waals surface area contributed by atoms with E-state index < -0.39 is 0 Å². The molecule has 0 aromatic carbocycles. The van der Waals surface area contributed by atoms with E-state index in [4.69, 9.17) is 4.74 Å². The molecule has 0 radical (unpaired) electrons. The Morgan fingerprint density at radius 3 is 2.50 bits per heavy atom. The van der Waals surface area contributed by atoms with Crippen molar-refractivity contribution < 1.29 is 9.53 Å². The summed E-state index contributed by atoms with van der Waals surface area (Å²) in [6, 6.07) is 0.408. The Kier molecular flexibility index (Phi) is 7.16. The Hall–Kier alpha value is -0.610. The fourth-order valence-electron chi connectivity index (χ4n) is 4.12. The second-order valence-corrected chi connectivity index (χ2v) is 7.15. The second-order valence-electron chi connectivity index (χ2n) is 7.15. The van der Waals surface area contributed by atoms with E-state index in [9.17, 15) is 4.79 Å². The SMILES string of the molecule is CCC(CC)[C@H](C(=O)N[C@H]1CCC[C@@H](C)C1)N1CCOCC1. The molecule has 1 aliphatic heterocycles. The monoisotopic (exact) mass is 310 g/mol. The highest BCUT2D eigenvalue weighted by Crippen LogP contribution is 2.25. The van der Waals surface area contributed by atoms with E-state index in [1.165, 1.54) is 12.8 Å². The van der Waals surface area contributed by atoms with Crippen LogP contribution in [0.1, 0.15) is 59.3 Å². The predicted molar refractivity (Wildman–Crippen MR) is 89.8 cm³/mol. The average Bonchev–Trinajstić information content (AvgIpc) is 2.53. The summed E-state index contributed by atoms with van der Waals surface area (Å²) in [5, 5.41) is 3.37. The van der Waals surface area contributed by atoms with Gasteiger partial charge in [-0.05, 0) is 24.7 Å². The molecule has 22 heavy (non-hydrogen) atoms. The lowest BCUT2D eigenvalue weighted by Gasteiger charge is -2.39. The first kappa shape index (κ1) is 17.7. The molecular formula is C18H34N2O2. The molecule has 2 fully saturated rings. The highest BCUT2D eigenvalue weighted by Gasteiger charge is 2.34. The summed E-state index contributed by atoms with van der Waals surface area (Å²) in [5.41, 5.74) is 0. The number of carbonyl (C=O) groups is 1. The standard InChI is InChI=1S/C18H34N2O2/c1-4-15(5-2)17(20-9-11-22-12-10-20)18(21)19-16-8-6-7-14(3)13-16/h14-17H,4-13H2,1-3H3,(H,19,21)/t14-,16+,17-/m1/s1. The number of morpholine rings is 1. The molecule has 0 unspecified atom stereocenters. The van der Waals surface area contributed by atoms with Crippen molar-refractivity contribution in [3.8, 4) is 0 Å². The molecule has 2 aliphatic rings. The molecule has 0 aromatic heterocycles. The molecule has 4 heteroatoms. The van der Waals surface area contributed by atoms with Gasteiger partial charge in [-0.15, -0.1) is 0 Å². The first-order valence-corrected chi connectivity index (χ1v) is 9.27. The molecule has 1 saturated carbocycles. The first-order valence-electron chi connectivity index (χ1n) is 9.27. The van der Waals surface area contributed by atoms with Gasteiger partial charge in [0.05, 0.1) is 19.3 Å². The molecule has 128 valence electrons. The van der Waals surface area contributed by atoms with Crippen molar-refractivity contribution in [2.45, 2.75) is 71.4 Å². The van der Waals surface area contributed by atoms with Crippen LogP contribution >= 0.6 is 0 Å². The number of ether oxygens (including phenoxy) is 1. The third-order valence-corrected chi connectivity index (χ3v) is 5.49. The lowest BCUT2D eigenvalue weighted by atomic mass is 9.86. The van der Waals surface area contributed by atoms with E-state index in [-0.39, 0.29) is 11.9 Å². The van der Waals surface area contributed by atoms with Gasteiger partial charge < -0.3 is 10.1 Å². The van der Waals surface area contributed by atoms with Gasteiger partial charge in [-0.3, -0.25) is 9.69 Å². The van der Waals surface area contributed by atoms with Crippen LogP contribution in [0.2, 0.25) is 0 Å². The summed E-state index contributed by atoms with van der Waals surface area (Å²) in [6.45, 7) is 9.99. The van der Waals surface area contributed by atoms with Crippen molar-refractivity contribution in [2.75, 3.05) is 26.3 Å². The number of nitrogens with zero attached hydrogens (tertiary/aromatic N) is 1. The Balaban J connectivity index is 2.00. The molecular weight excluding hydrogens is 276 g/mol. The van der Waals surface area contributed by atoms with Gasteiger partial charge in [0.15, 0.2) is 0 Å². The number of hydrogen-bond acceptors (Lipinski definition) is 3. The fourth-order valence-corrected chi connectivity index (χ4v) is 4.12. The van der Waals surface area contributed by atoms with Gasteiger partial charge in [0.1, 0.15) is 0 Å². The van der Waals surface area contributed by atoms with E-state index >= 15 is 0 Å². The predicted octanol–water partition coefficient (Wildman–Crippen LogP) is 2.82. The van der Waals surface area contributed by atoms with Crippen LogP contribution in [0.4, 0.5) is 0 Å². The molecule has 4 nitrogen and oxygen atoms in total. The number of amides is 1. The average molecular weight is 310 g/mol. The summed E-state index contributed by atoms with van der Waals surface area (Å²) in [4.78, 5) is 15.3. The summed E-state index contributed by atoms with van der Waals surface area (Å²) < 4.78 is 5.47. The molecule has 1 N–H and O–H groups in total. The van der Waals surface area contributed by atoms with E-state index in [1.807, 2.05) is 0 Å². The smallest absolute Gasteiger partial charge is 0.237 e. The molecule has 0 bridgehead atoms. The van der Waals surface area contributed by atoms with Crippen LogP contribution in [0.25, 0.3) is 0 Å². The lowest BCUT2D eigenvalue weighted by Crippen LogP contribution is -2.56. The van der Waals surface area contributed by atoms with Crippen molar-refractivity contribution in [1.82, 2.24) is 10.2 Å². The van der Waals surface area contributed by atoms with Gasteiger partial charge in [-0.25, -0.2) is 0 Å². The first-order chi connectivity index (χ1) is 10.7. The van der Waals surface area contributed by atoms with Crippen LogP contribution in [0, 0.1) is 11.8 Å². The molecule has 1 saturated heterocycles. The maximum absolute atomic E-state index is 13.0. The minimum absolute atomic E-state index is 0.0242. The van der Waals surface area contributed by atoms with Crippen molar-refractivity contribution in [3.05, 3.63) is 0 Å². The second kappa shape index (κ2) is 8.88. The van der Waals surface area contributed by atoms with Crippen molar-refractivity contribution >= 4 is 5.91 Å². The molecule has 0 spiro atoms. The minimum atomic E-state index is 0.0242. The van der Waals surface area contributed by atoms with Crippen LogP contribution in [0.5, 0.6) is 0 Å². The van der Waals surface area contributed by atoms with Crippen molar-refractivity contribution in [1.29, 1.82) is 0 Å². The topological polar surface area (TPSA) is 41.6 Å². The summed E-state index contributed by atoms with van der Waals surface area (Å²) in [6.07, 6.45) is 6.98. The van der Waals surface area contributed by atoms with Gasteiger partial charge in [0, 0.05) is 19.1 Å². The minimum Gasteiger partial charge on any atom is -0.379 e. The third-order valence-electron chi connectivity index (χ3n) is 5.49. The largest absolute Gasteiger partial charge is 0.379 e. The van der Waals surface area contributed by atoms with Gasteiger partial charge >= 0.3 is 0 Å². The van der Waals surface area contributed by atoms with Crippen molar-refractivity contribution in [3.63, 3.8) is 0 Å². The number of hydrogen-bond donors (Lipinski definition) is 1. The van der Waals surface area contributed by atoms with Crippen LogP contribution in [0.3, 0.4) is 0 Å². The maximum Gasteiger partial charge on any atom is 0.237 e. The Bertz CT molecular complexity index is 338. The van der Waals surface area contributed by atoms with E-state index in [2.05, 4.69) is 31.0 Å². The highest BCUT2D eigenvalue weighted by atomic mass is 16.5. The van der Waals surface area contributed by atoms with Crippen LogP contribution in [0.15, 0.2) is 0 Å². The maximum atomic E-state index is 13.0. The van der Waals surface area contributed by atoms with Crippen LogP contribution in [-0.2, 0) is 9.53 Å². The van der Waals surface area contributed by atoms with Crippen LogP contribution in [-0.4, -0.2) is 49.2 Å². The number of nitrogens with one attached hydrogen (secondary N) is 1. The zero-order chi connectivity index (χ0) is 15.9. The van der Waals surface area contributed by atoms with Gasteiger partial charge in [0.25, 0.3) is 0 Å². The molecule has 3 atom stereocenters. The Morgan fingerprint density at radius 1 is 1.23 bits per heavy atom.